The lowest BCUT2D eigenvalue weighted by Crippen LogP contribution is -2.51. The van der Waals surface area contributed by atoms with E-state index in [9.17, 15) is 8.42 Å². The van der Waals surface area contributed by atoms with E-state index in [0.717, 1.165) is 0 Å². The highest BCUT2D eigenvalue weighted by Gasteiger charge is 2.36. The molecule has 1 aromatic rings. The highest BCUT2D eigenvalue weighted by Crippen LogP contribution is 2.34. The van der Waals surface area contributed by atoms with Crippen LogP contribution in [0.15, 0.2) is 23.1 Å². The second-order valence-electron chi connectivity index (χ2n) is 5.69. The van der Waals surface area contributed by atoms with Crippen molar-refractivity contribution in [2.45, 2.75) is 29.9 Å². The van der Waals surface area contributed by atoms with Crippen LogP contribution in [0.1, 0.15) is 12.8 Å². The molecule has 7 nitrogen and oxygen atoms in total. The molecule has 0 bridgehead atoms. The average molecular weight is 379 g/mol. The third kappa shape index (κ3) is 3.62. The van der Waals surface area contributed by atoms with Gasteiger partial charge in [0, 0.05) is 32.3 Å². The summed E-state index contributed by atoms with van der Waals surface area (Å²) in [4.78, 5) is 0.205. The fourth-order valence-electron chi connectivity index (χ4n) is 3.06. The minimum absolute atomic E-state index is 0. The summed E-state index contributed by atoms with van der Waals surface area (Å²) in [6.45, 7) is 1.56. The Balaban J connectivity index is 0.00000208. The van der Waals surface area contributed by atoms with Crippen molar-refractivity contribution in [3.8, 4) is 11.5 Å². The van der Waals surface area contributed by atoms with Crippen LogP contribution in [-0.2, 0) is 14.8 Å². The number of benzene rings is 1. The molecule has 9 heteroatoms. The summed E-state index contributed by atoms with van der Waals surface area (Å²) in [5, 5.41) is 0. The summed E-state index contributed by atoms with van der Waals surface area (Å²) in [5.41, 5.74) is 5.79. The molecule has 2 heterocycles. The Bertz CT molecular complexity index is 670. The van der Waals surface area contributed by atoms with Gasteiger partial charge < -0.3 is 19.9 Å². The van der Waals surface area contributed by atoms with Crippen molar-refractivity contribution < 1.29 is 22.6 Å². The summed E-state index contributed by atoms with van der Waals surface area (Å²) in [6, 6.07) is 4.46. The van der Waals surface area contributed by atoms with Crippen LogP contribution in [0.3, 0.4) is 0 Å². The average Bonchev–Trinajstić information content (AvgIpc) is 2.60. The van der Waals surface area contributed by atoms with Gasteiger partial charge in [-0.05, 0) is 25.0 Å². The van der Waals surface area contributed by atoms with E-state index in [1.165, 1.54) is 10.4 Å². The fourth-order valence-corrected chi connectivity index (χ4v) is 4.73. The van der Waals surface area contributed by atoms with Crippen LogP contribution in [-0.4, -0.2) is 58.3 Å². The minimum atomic E-state index is -3.63. The smallest absolute Gasteiger partial charge is 0.243 e. The van der Waals surface area contributed by atoms with E-state index < -0.39 is 10.0 Å². The number of hydrogen-bond donors (Lipinski definition) is 1. The number of nitrogens with zero attached hydrogens (tertiary/aromatic N) is 1. The standard InChI is InChI=1S/C15H22N2O5S.ClH/c1-20-12-4-5-17(11(8-12)10-16)23(18,19)13-2-3-14-15(9-13)22-7-6-21-14;/h2-3,9,11-12H,4-8,10,16H2,1H3;1H. The van der Waals surface area contributed by atoms with Gasteiger partial charge in [-0.25, -0.2) is 8.42 Å². The summed E-state index contributed by atoms with van der Waals surface area (Å²) < 4.78 is 43.7. The molecule has 2 atom stereocenters. The predicted octanol–water partition coefficient (Wildman–Crippen LogP) is 1.01. The fraction of sp³-hybridized carbons (Fsp3) is 0.600. The molecule has 2 aliphatic rings. The van der Waals surface area contributed by atoms with E-state index in [1.807, 2.05) is 0 Å². The molecule has 0 spiro atoms. The minimum Gasteiger partial charge on any atom is -0.486 e. The van der Waals surface area contributed by atoms with E-state index in [0.29, 0.717) is 44.1 Å². The molecule has 1 fully saturated rings. The molecule has 0 aromatic heterocycles. The number of halogens is 1. The summed E-state index contributed by atoms with van der Waals surface area (Å²) in [5.74, 6) is 1.04. The molecule has 136 valence electrons. The number of nitrogens with two attached hydrogens (primary N) is 1. The number of hydrogen-bond acceptors (Lipinski definition) is 6. The van der Waals surface area contributed by atoms with Crippen LogP contribution in [0.4, 0.5) is 0 Å². The largest absolute Gasteiger partial charge is 0.486 e. The first kappa shape index (κ1) is 19.3. The lowest BCUT2D eigenvalue weighted by molar-refractivity contribution is 0.0401. The molecule has 1 aromatic carbocycles. The number of fused-ring (bicyclic) bond motifs is 1. The zero-order chi connectivity index (χ0) is 16.4. The molecular weight excluding hydrogens is 356 g/mol. The maximum atomic E-state index is 13.0. The normalized spacial score (nSPS) is 24.2. The van der Waals surface area contributed by atoms with Crippen molar-refractivity contribution in [3.63, 3.8) is 0 Å². The van der Waals surface area contributed by atoms with Crippen molar-refractivity contribution in [2.75, 3.05) is 33.4 Å². The van der Waals surface area contributed by atoms with Gasteiger partial charge in [0.1, 0.15) is 13.2 Å². The highest BCUT2D eigenvalue weighted by atomic mass is 35.5. The Morgan fingerprint density at radius 2 is 2.00 bits per heavy atom. The SMILES string of the molecule is COC1CCN(S(=O)(=O)c2ccc3c(c2)OCCO3)C(CN)C1.Cl. The highest BCUT2D eigenvalue weighted by molar-refractivity contribution is 7.89. The van der Waals surface area contributed by atoms with Gasteiger partial charge in [0.25, 0.3) is 0 Å². The summed E-state index contributed by atoms with van der Waals surface area (Å²) >= 11 is 0. The van der Waals surface area contributed by atoms with Crippen molar-refractivity contribution >= 4 is 22.4 Å². The second-order valence-corrected chi connectivity index (χ2v) is 7.58. The molecule has 2 N–H and O–H groups in total. The Morgan fingerprint density at radius 1 is 1.29 bits per heavy atom. The molecule has 1 saturated heterocycles. The first-order chi connectivity index (χ1) is 11.1. The Kier molecular flexibility index (Phi) is 6.33. The van der Waals surface area contributed by atoms with E-state index in [2.05, 4.69) is 0 Å². The molecule has 24 heavy (non-hydrogen) atoms. The van der Waals surface area contributed by atoms with Gasteiger partial charge >= 0.3 is 0 Å². The summed E-state index contributed by atoms with van der Waals surface area (Å²) in [7, 11) is -1.98. The van der Waals surface area contributed by atoms with E-state index in [4.69, 9.17) is 19.9 Å². The van der Waals surface area contributed by atoms with Gasteiger partial charge in [-0.3, -0.25) is 0 Å². The van der Waals surface area contributed by atoms with Gasteiger partial charge in [0.05, 0.1) is 11.0 Å². The number of methoxy groups -OCH3 is 1. The molecule has 0 amide bonds. The lowest BCUT2D eigenvalue weighted by Gasteiger charge is -2.37. The molecule has 0 saturated carbocycles. The van der Waals surface area contributed by atoms with E-state index in [1.54, 1.807) is 19.2 Å². The van der Waals surface area contributed by atoms with Gasteiger partial charge in [-0.15, -0.1) is 12.4 Å². The van der Waals surface area contributed by atoms with Crippen LogP contribution >= 0.6 is 12.4 Å². The first-order valence-electron chi connectivity index (χ1n) is 7.70. The van der Waals surface area contributed by atoms with Crippen LogP contribution < -0.4 is 15.2 Å². The third-order valence-corrected chi connectivity index (χ3v) is 6.29. The number of piperidine rings is 1. The predicted molar refractivity (Wildman–Crippen MR) is 91.4 cm³/mol. The number of sulfonamides is 1. The third-order valence-electron chi connectivity index (χ3n) is 4.34. The quantitative estimate of drug-likeness (QED) is 0.840. The maximum Gasteiger partial charge on any atom is 0.243 e. The van der Waals surface area contributed by atoms with Gasteiger partial charge in [-0.1, -0.05) is 0 Å². The van der Waals surface area contributed by atoms with Crippen molar-refractivity contribution in [3.05, 3.63) is 18.2 Å². The maximum absolute atomic E-state index is 13.0. The summed E-state index contributed by atoms with van der Waals surface area (Å²) in [6.07, 6.45) is 1.32. The first-order valence-corrected chi connectivity index (χ1v) is 9.14. The lowest BCUT2D eigenvalue weighted by atomic mass is 10.0. The monoisotopic (exact) mass is 378 g/mol. The topological polar surface area (TPSA) is 91.1 Å². The van der Waals surface area contributed by atoms with Crippen LogP contribution in [0, 0.1) is 0 Å². The molecule has 0 aliphatic carbocycles. The molecular formula is C15H23ClN2O5S. The van der Waals surface area contributed by atoms with Crippen molar-refractivity contribution in [1.29, 1.82) is 0 Å². The second kappa shape index (κ2) is 7.88. The van der Waals surface area contributed by atoms with Gasteiger partial charge in [0.2, 0.25) is 10.0 Å². The van der Waals surface area contributed by atoms with Crippen LogP contribution in [0.25, 0.3) is 0 Å². The van der Waals surface area contributed by atoms with E-state index >= 15 is 0 Å². The Hall–Kier alpha value is -1.06. The van der Waals surface area contributed by atoms with Crippen LogP contribution in [0.5, 0.6) is 11.5 Å². The number of ether oxygens (including phenoxy) is 3. The van der Waals surface area contributed by atoms with Crippen LogP contribution in [0.2, 0.25) is 0 Å². The molecule has 2 aliphatic heterocycles. The number of rotatable bonds is 4. The zero-order valence-corrected chi connectivity index (χ0v) is 15.1. The molecule has 2 unspecified atom stereocenters. The Morgan fingerprint density at radius 3 is 2.67 bits per heavy atom. The zero-order valence-electron chi connectivity index (χ0n) is 13.5. The van der Waals surface area contributed by atoms with Gasteiger partial charge in [-0.2, -0.15) is 4.31 Å². The van der Waals surface area contributed by atoms with Crippen molar-refractivity contribution in [1.82, 2.24) is 4.31 Å². The van der Waals surface area contributed by atoms with Crippen molar-refractivity contribution in [2.24, 2.45) is 5.73 Å². The van der Waals surface area contributed by atoms with Gasteiger partial charge in [0.15, 0.2) is 11.5 Å². The molecule has 0 radical (unpaired) electrons. The Labute approximate surface area is 148 Å². The van der Waals surface area contributed by atoms with E-state index in [-0.39, 0.29) is 36.0 Å². The molecule has 3 rings (SSSR count).